The molecular formula is C18H28N6O. The number of aliphatic hydroxyl groups is 1. The van der Waals surface area contributed by atoms with Crippen molar-refractivity contribution in [3.63, 3.8) is 0 Å². The maximum absolute atomic E-state index is 10.6. The molecule has 0 bridgehead atoms. The molecule has 1 N–H and O–H groups in total. The molecule has 1 aliphatic rings. The van der Waals surface area contributed by atoms with E-state index in [-0.39, 0.29) is 6.04 Å². The van der Waals surface area contributed by atoms with Crippen LogP contribution in [-0.2, 0) is 19.9 Å². The first kappa shape index (κ1) is 18.0. The van der Waals surface area contributed by atoms with E-state index in [1.165, 1.54) is 11.1 Å². The van der Waals surface area contributed by atoms with Gasteiger partial charge in [-0.25, -0.2) is 4.68 Å². The van der Waals surface area contributed by atoms with Crippen LogP contribution in [-0.4, -0.2) is 74.4 Å². The van der Waals surface area contributed by atoms with Crippen molar-refractivity contribution in [2.24, 2.45) is 7.05 Å². The third-order valence-electron chi connectivity index (χ3n) is 5.17. The molecule has 1 aromatic carbocycles. The number of aromatic nitrogens is 4. The second-order valence-corrected chi connectivity index (χ2v) is 7.00. The summed E-state index contributed by atoms with van der Waals surface area (Å²) in [5, 5.41) is 22.2. The first-order chi connectivity index (χ1) is 12.0. The molecule has 0 saturated carbocycles. The number of aliphatic hydroxyl groups excluding tert-OH is 1. The molecule has 0 fully saturated rings. The van der Waals surface area contributed by atoms with E-state index in [1.807, 2.05) is 14.1 Å². The maximum atomic E-state index is 10.6. The van der Waals surface area contributed by atoms with E-state index in [9.17, 15) is 5.11 Å². The van der Waals surface area contributed by atoms with Gasteiger partial charge in [-0.1, -0.05) is 24.3 Å². The van der Waals surface area contributed by atoms with Gasteiger partial charge in [0, 0.05) is 33.2 Å². The fraction of sp³-hybridized carbons (Fsp3) is 0.611. The highest BCUT2D eigenvalue weighted by Gasteiger charge is 2.22. The van der Waals surface area contributed by atoms with Gasteiger partial charge in [0.25, 0.3) is 0 Å². The Morgan fingerprint density at radius 3 is 2.40 bits per heavy atom. The minimum atomic E-state index is -0.394. The van der Waals surface area contributed by atoms with Gasteiger partial charge in [-0.05, 0) is 48.4 Å². The van der Waals surface area contributed by atoms with Crippen molar-refractivity contribution in [3.8, 4) is 0 Å². The van der Waals surface area contributed by atoms with Crippen molar-refractivity contribution in [3.05, 3.63) is 41.2 Å². The average Bonchev–Trinajstić information content (AvgIpc) is 2.92. The van der Waals surface area contributed by atoms with Crippen LogP contribution in [0.25, 0.3) is 0 Å². The predicted octanol–water partition coefficient (Wildman–Crippen LogP) is 0.665. The number of aryl methyl sites for hydroxylation is 1. The minimum Gasteiger partial charge on any atom is -0.390 e. The van der Waals surface area contributed by atoms with Crippen LogP contribution in [0.5, 0.6) is 0 Å². The number of likely N-dealkylation sites (N-methyl/N-ethyl adjacent to an activating group) is 1. The van der Waals surface area contributed by atoms with Gasteiger partial charge in [0.15, 0.2) is 5.82 Å². The Bertz CT molecular complexity index is 661. The number of hydrogen-bond acceptors (Lipinski definition) is 6. The summed E-state index contributed by atoms with van der Waals surface area (Å²) in [4.78, 5) is 4.47. The van der Waals surface area contributed by atoms with E-state index in [0.717, 1.165) is 31.8 Å². The summed E-state index contributed by atoms with van der Waals surface area (Å²) in [6, 6.07) is 8.73. The Hall–Kier alpha value is -1.83. The van der Waals surface area contributed by atoms with Crippen molar-refractivity contribution in [1.29, 1.82) is 0 Å². The second-order valence-electron chi connectivity index (χ2n) is 7.00. The van der Waals surface area contributed by atoms with Crippen molar-refractivity contribution >= 4 is 0 Å². The standard InChI is InChI=1S/C18H28N6O/c1-14(18-19-20-21-23(18)3)22(2)12-17(25)13-24-10-8-15-6-4-5-7-16(15)9-11-24/h4-7,14,17,25H,8-13H2,1-3H3/t14-,17-/m1/s1. The molecular weight excluding hydrogens is 316 g/mol. The highest BCUT2D eigenvalue weighted by Crippen LogP contribution is 2.17. The van der Waals surface area contributed by atoms with E-state index in [0.29, 0.717) is 13.1 Å². The van der Waals surface area contributed by atoms with E-state index in [4.69, 9.17) is 0 Å². The lowest BCUT2D eigenvalue weighted by Gasteiger charge is -2.29. The number of nitrogens with zero attached hydrogens (tertiary/aromatic N) is 6. The van der Waals surface area contributed by atoms with Crippen LogP contribution >= 0.6 is 0 Å². The zero-order valence-electron chi connectivity index (χ0n) is 15.3. The monoisotopic (exact) mass is 344 g/mol. The van der Waals surface area contributed by atoms with Gasteiger partial charge in [-0.2, -0.15) is 0 Å². The molecule has 0 aliphatic carbocycles. The lowest BCUT2D eigenvalue weighted by Crippen LogP contribution is -2.41. The quantitative estimate of drug-likeness (QED) is 0.830. The molecule has 25 heavy (non-hydrogen) atoms. The zero-order valence-corrected chi connectivity index (χ0v) is 15.3. The predicted molar refractivity (Wildman–Crippen MR) is 96.1 cm³/mol. The topological polar surface area (TPSA) is 70.3 Å². The van der Waals surface area contributed by atoms with Gasteiger partial charge < -0.3 is 10.0 Å². The van der Waals surface area contributed by atoms with Gasteiger partial charge in [0.05, 0.1) is 12.1 Å². The highest BCUT2D eigenvalue weighted by molar-refractivity contribution is 5.28. The molecule has 3 rings (SSSR count). The number of hydrogen-bond donors (Lipinski definition) is 1. The van der Waals surface area contributed by atoms with Crippen molar-refractivity contribution in [2.75, 3.05) is 33.2 Å². The average molecular weight is 344 g/mol. The van der Waals surface area contributed by atoms with Crippen molar-refractivity contribution in [2.45, 2.75) is 31.9 Å². The van der Waals surface area contributed by atoms with Crippen LogP contribution in [0.4, 0.5) is 0 Å². The fourth-order valence-corrected chi connectivity index (χ4v) is 3.53. The van der Waals surface area contributed by atoms with Crippen molar-refractivity contribution in [1.82, 2.24) is 30.0 Å². The van der Waals surface area contributed by atoms with Gasteiger partial charge in [-0.3, -0.25) is 4.90 Å². The minimum absolute atomic E-state index is 0.0584. The summed E-state index contributed by atoms with van der Waals surface area (Å²) in [6.45, 7) is 5.35. The summed E-state index contributed by atoms with van der Waals surface area (Å²) < 4.78 is 1.68. The number of rotatable bonds is 6. The highest BCUT2D eigenvalue weighted by atomic mass is 16.3. The van der Waals surface area contributed by atoms with Crippen LogP contribution in [0.15, 0.2) is 24.3 Å². The summed E-state index contributed by atoms with van der Waals surface area (Å²) in [7, 11) is 3.84. The molecule has 0 amide bonds. The number of β-amino-alcohol motifs (C(OH)–C–C–N with tert-alkyl or cyclic N) is 1. The normalized spacial score (nSPS) is 18.0. The number of benzene rings is 1. The molecule has 1 aromatic heterocycles. The largest absolute Gasteiger partial charge is 0.390 e. The van der Waals surface area contributed by atoms with Crippen molar-refractivity contribution < 1.29 is 5.11 Å². The molecule has 1 aliphatic heterocycles. The molecule has 0 unspecified atom stereocenters. The first-order valence-electron chi connectivity index (χ1n) is 8.94. The third-order valence-corrected chi connectivity index (χ3v) is 5.17. The summed E-state index contributed by atoms with van der Waals surface area (Å²) in [5.41, 5.74) is 2.89. The Labute approximate surface area is 149 Å². The lowest BCUT2D eigenvalue weighted by molar-refractivity contribution is 0.0702. The van der Waals surface area contributed by atoms with Crippen LogP contribution in [0, 0.1) is 0 Å². The smallest absolute Gasteiger partial charge is 0.167 e. The lowest BCUT2D eigenvalue weighted by atomic mass is 10.0. The molecule has 0 spiro atoms. The van der Waals surface area contributed by atoms with Gasteiger partial charge >= 0.3 is 0 Å². The van der Waals surface area contributed by atoms with E-state index in [2.05, 4.69) is 56.5 Å². The third kappa shape index (κ3) is 4.42. The molecule has 2 heterocycles. The molecule has 7 nitrogen and oxygen atoms in total. The van der Waals surface area contributed by atoms with E-state index in [1.54, 1.807) is 4.68 Å². The maximum Gasteiger partial charge on any atom is 0.167 e. The second kappa shape index (κ2) is 8.03. The zero-order chi connectivity index (χ0) is 17.8. The molecule has 7 heteroatoms. The Balaban J connectivity index is 1.51. The Kier molecular flexibility index (Phi) is 5.78. The Morgan fingerprint density at radius 1 is 1.20 bits per heavy atom. The van der Waals surface area contributed by atoms with Crippen LogP contribution in [0.1, 0.15) is 29.9 Å². The number of tetrazole rings is 1. The van der Waals surface area contributed by atoms with Crippen LogP contribution in [0.2, 0.25) is 0 Å². The van der Waals surface area contributed by atoms with E-state index < -0.39 is 6.10 Å². The summed E-state index contributed by atoms with van der Waals surface area (Å²) in [6.07, 6.45) is 1.72. The SMILES string of the molecule is C[C@H](c1nnnn1C)N(C)C[C@@H](O)CN1CCc2ccccc2CC1. The van der Waals surface area contributed by atoms with Crippen LogP contribution < -0.4 is 0 Å². The molecule has 2 aromatic rings. The van der Waals surface area contributed by atoms with Crippen LogP contribution in [0.3, 0.4) is 0 Å². The van der Waals surface area contributed by atoms with Gasteiger partial charge in [0.1, 0.15) is 0 Å². The summed E-state index contributed by atoms with van der Waals surface area (Å²) >= 11 is 0. The van der Waals surface area contributed by atoms with E-state index >= 15 is 0 Å². The molecule has 0 radical (unpaired) electrons. The molecule has 136 valence electrons. The van der Waals surface area contributed by atoms with Gasteiger partial charge in [0.2, 0.25) is 0 Å². The fourth-order valence-electron chi connectivity index (χ4n) is 3.53. The Morgan fingerprint density at radius 2 is 1.84 bits per heavy atom. The first-order valence-corrected chi connectivity index (χ1v) is 8.94. The van der Waals surface area contributed by atoms with Gasteiger partial charge in [-0.15, -0.1) is 5.10 Å². The number of fused-ring (bicyclic) bond motifs is 1. The summed E-state index contributed by atoms with van der Waals surface area (Å²) in [5.74, 6) is 0.805. The molecule has 2 atom stereocenters. The molecule has 0 saturated heterocycles.